The molecule has 0 amide bonds. The average molecular weight is 235 g/mol. The summed E-state index contributed by atoms with van der Waals surface area (Å²) in [7, 11) is 0. The second-order valence-electron chi connectivity index (χ2n) is 4.85. The molecule has 0 radical (unpaired) electrons. The van der Waals surface area contributed by atoms with Crippen LogP contribution in [-0.4, -0.2) is 19.8 Å². The highest BCUT2D eigenvalue weighted by atomic mass is 16.5. The number of nitrogens with two attached hydrogens (primary N) is 1. The van der Waals surface area contributed by atoms with E-state index in [4.69, 9.17) is 15.2 Å². The first kappa shape index (κ1) is 12.4. The maximum absolute atomic E-state index is 5.85. The topological polar surface area (TPSA) is 44.5 Å². The summed E-state index contributed by atoms with van der Waals surface area (Å²) in [5.41, 5.74) is 8.15. The maximum atomic E-state index is 5.85. The highest BCUT2D eigenvalue weighted by Gasteiger charge is 2.16. The van der Waals surface area contributed by atoms with E-state index in [1.165, 1.54) is 0 Å². The average Bonchev–Trinajstić information content (AvgIpc) is 2.80. The fourth-order valence-electron chi connectivity index (χ4n) is 2.04. The Morgan fingerprint density at radius 3 is 2.94 bits per heavy atom. The van der Waals surface area contributed by atoms with Crippen molar-refractivity contribution < 1.29 is 9.47 Å². The molecule has 0 bridgehead atoms. The van der Waals surface area contributed by atoms with Gasteiger partial charge in [-0.25, -0.2) is 0 Å². The smallest absolute Gasteiger partial charge is 0.122 e. The molecule has 1 unspecified atom stereocenters. The van der Waals surface area contributed by atoms with E-state index in [9.17, 15) is 0 Å². The van der Waals surface area contributed by atoms with Crippen LogP contribution in [0.2, 0.25) is 0 Å². The minimum Gasteiger partial charge on any atom is -0.493 e. The van der Waals surface area contributed by atoms with Crippen molar-refractivity contribution in [3.63, 3.8) is 0 Å². The van der Waals surface area contributed by atoms with Crippen molar-refractivity contribution in [2.24, 2.45) is 11.7 Å². The minimum atomic E-state index is 0.0750. The van der Waals surface area contributed by atoms with E-state index in [0.29, 0.717) is 5.92 Å². The van der Waals surface area contributed by atoms with Crippen molar-refractivity contribution in [1.29, 1.82) is 0 Å². The Morgan fingerprint density at radius 1 is 1.53 bits per heavy atom. The van der Waals surface area contributed by atoms with Crippen LogP contribution >= 0.6 is 0 Å². The molecule has 94 valence electrons. The maximum Gasteiger partial charge on any atom is 0.122 e. The summed E-state index contributed by atoms with van der Waals surface area (Å²) in [6, 6.07) is 6.23. The quantitative estimate of drug-likeness (QED) is 0.871. The molecule has 1 aliphatic rings. The summed E-state index contributed by atoms with van der Waals surface area (Å²) in [5, 5.41) is 0. The van der Waals surface area contributed by atoms with Gasteiger partial charge in [-0.2, -0.15) is 0 Å². The first-order valence-corrected chi connectivity index (χ1v) is 6.23. The van der Waals surface area contributed by atoms with E-state index in [1.54, 1.807) is 0 Å². The molecular weight excluding hydrogens is 214 g/mol. The highest BCUT2D eigenvalue weighted by molar-refractivity contribution is 5.37. The monoisotopic (exact) mass is 235 g/mol. The number of benzene rings is 1. The zero-order chi connectivity index (χ0) is 12.3. The van der Waals surface area contributed by atoms with E-state index in [-0.39, 0.29) is 6.04 Å². The third-order valence-electron chi connectivity index (χ3n) is 3.22. The summed E-state index contributed by atoms with van der Waals surface area (Å²) in [6.07, 6.45) is 1.11. The highest BCUT2D eigenvalue weighted by Crippen LogP contribution is 2.23. The zero-order valence-corrected chi connectivity index (χ0v) is 10.6. The summed E-state index contributed by atoms with van der Waals surface area (Å²) < 4.78 is 11.2. The molecule has 3 heteroatoms. The van der Waals surface area contributed by atoms with Crippen molar-refractivity contribution in [2.75, 3.05) is 19.8 Å². The Morgan fingerprint density at radius 2 is 2.35 bits per heavy atom. The van der Waals surface area contributed by atoms with Crippen molar-refractivity contribution in [2.45, 2.75) is 26.3 Å². The van der Waals surface area contributed by atoms with Crippen molar-refractivity contribution in [3.05, 3.63) is 29.3 Å². The number of hydrogen-bond donors (Lipinski definition) is 1. The zero-order valence-electron chi connectivity index (χ0n) is 10.6. The molecular formula is C14H21NO2. The predicted molar refractivity (Wildman–Crippen MR) is 68.2 cm³/mol. The predicted octanol–water partition coefficient (Wildman–Crippen LogP) is 2.43. The Bertz CT molecular complexity index is 370. The van der Waals surface area contributed by atoms with Crippen molar-refractivity contribution in [3.8, 4) is 5.75 Å². The molecule has 2 rings (SSSR count). The van der Waals surface area contributed by atoms with Gasteiger partial charge in [-0.1, -0.05) is 12.1 Å². The van der Waals surface area contributed by atoms with E-state index < -0.39 is 0 Å². The first-order valence-electron chi connectivity index (χ1n) is 6.23. The molecule has 2 atom stereocenters. The van der Waals surface area contributed by atoms with Crippen LogP contribution < -0.4 is 10.5 Å². The molecule has 0 aromatic heterocycles. The molecule has 1 fully saturated rings. The van der Waals surface area contributed by atoms with Gasteiger partial charge in [-0.05, 0) is 37.5 Å². The van der Waals surface area contributed by atoms with Gasteiger partial charge in [-0.3, -0.25) is 0 Å². The van der Waals surface area contributed by atoms with Crippen LogP contribution in [0.15, 0.2) is 18.2 Å². The summed E-state index contributed by atoms with van der Waals surface area (Å²) in [6.45, 7) is 6.50. The minimum absolute atomic E-state index is 0.0750. The van der Waals surface area contributed by atoms with E-state index >= 15 is 0 Å². The Balaban J connectivity index is 1.96. The van der Waals surface area contributed by atoms with Crippen molar-refractivity contribution >= 4 is 0 Å². The molecule has 1 saturated heterocycles. The molecule has 1 aromatic rings. The summed E-state index contributed by atoms with van der Waals surface area (Å²) in [4.78, 5) is 0. The normalized spacial score (nSPS) is 21.5. The van der Waals surface area contributed by atoms with Gasteiger partial charge in [0.2, 0.25) is 0 Å². The number of ether oxygens (including phenoxy) is 2. The van der Waals surface area contributed by atoms with E-state index in [2.05, 4.69) is 13.0 Å². The van der Waals surface area contributed by atoms with Crippen LogP contribution in [0, 0.1) is 12.8 Å². The van der Waals surface area contributed by atoms with Gasteiger partial charge in [-0.15, -0.1) is 0 Å². The molecule has 0 saturated carbocycles. The fourth-order valence-corrected chi connectivity index (χ4v) is 2.04. The lowest BCUT2D eigenvalue weighted by atomic mass is 10.1. The SMILES string of the molecule is Cc1cc([C@H](C)N)ccc1OCC1CCOC1. The summed E-state index contributed by atoms with van der Waals surface area (Å²) in [5.74, 6) is 1.50. The van der Waals surface area contributed by atoms with Crippen LogP contribution in [-0.2, 0) is 4.74 Å². The summed E-state index contributed by atoms with van der Waals surface area (Å²) >= 11 is 0. The second-order valence-corrected chi connectivity index (χ2v) is 4.85. The van der Waals surface area contributed by atoms with Gasteiger partial charge in [0.25, 0.3) is 0 Å². The molecule has 0 aliphatic carbocycles. The van der Waals surface area contributed by atoms with Gasteiger partial charge >= 0.3 is 0 Å². The second kappa shape index (κ2) is 5.52. The number of hydrogen-bond acceptors (Lipinski definition) is 3. The molecule has 1 aromatic carbocycles. The van der Waals surface area contributed by atoms with Crippen LogP contribution in [0.4, 0.5) is 0 Å². The van der Waals surface area contributed by atoms with Gasteiger partial charge in [0.05, 0.1) is 13.2 Å². The van der Waals surface area contributed by atoms with Crippen LogP contribution in [0.5, 0.6) is 5.75 Å². The van der Waals surface area contributed by atoms with E-state index in [1.807, 2.05) is 19.1 Å². The standard InChI is InChI=1S/C14H21NO2/c1-10-7-13(11(2)15)3-4-14(10)17-9-12-5-6-16-8-12/h3-4,7,11-12H,5-6,8-9,15H2,1-2H3/t11-,12?/m0/s1. The Hall–Kier alpha value is -1.06. The lowest BCUT2D eigenvalue weighted by Crippen LogP contribution is -2.12. The Kier molecular flexibility index (Phi) is 4.02. The van der Waals surface area contributed by atoms with Gasteiger partial charge in [0.1, 0.15) is 5.75 Å². The lowest BCUT2D eigenvalue weighted by molar-refractivity contribution is 0.167. The van der Waals surface area contributed by atoms with Crippen LogP contribution in [0.1, 0.15) is 30.5 Å². The molecule has 17 heavy (non-hydrogen) atoms. The first-order chi connectivity index (χ1) is 8.16. The molecule has 0 spiro atoms. The molecule has 2 N–H and O–H groups in total. The lowest BCUT2D eigenvalue weighted by Gasteiger charge is -2.14. The molecule has 1 heterocycles. The Labute approximate surface area is 103 Å². The van der Waals surface area contributed by atoms with Gasteiger partial charge in [0, 0.05) is 18.6 Å². The third-order valence-corrected chi connectivity index (χ3v) is 3.22. The van der Waals surface area contributed by atoms with E-state index in [0.717, 1.165) is 43.1 Å². The molecule has 3 nitrogen and oxygen atoms in total. The third kappa shape index (κ3) is 3.20. The molecule has 1 aliphatic heterocycles. The number of rotatable bonds is 4. The van der Waals surface area contributed by atoms with Crippen molar-refractivity contribution in [1.82, 2.24) is 0 Å². The fraction of sp³-hybridized carbons (Fsp3) is 0.571. The number of aryl methyl sites for hydroxylation is 1. The van der Waals surface area contributed by atoms with Gasteiger partial charge < -0.3 is 15.2 Å². The van der Waals surface area contributed by atoms with Crippen LogP contribution in [0.3, 0.4) is 0 Å². The van der Waals surface area contributed by atoms with Crippen LogP contribution in [0.25, 0.3) is 0 Å². The van der Waals surface area contributed by atoms with Gasteiger partial charge in [0.15, 0.2) is 0 Å². The largest absolute Gasteiger partial charge is 0.493 e.